The maximum absolute atomic E-state index is 14.5. The molecule has 2 fully saturated rings. The highest BCUT2D eigenvalue weighted by Gasteiger charge is 2.36. The molecule has 2 N–H and O–H groups in total. The second-order valence-corrected chi connectivity index (χ2v) is 6.51. The number of hydrogen-bond acceptors (Lipinski definition) is 6. The molecule has 132 valence electrons. The molecule has 1 aliphatic heterocycles. The number of alkyl halides is 1. The average Bonchev–Trinajstić information content (AvgIpc) is 2.85. The lowest BCUT2D eigenvalue weighted by Crippen LogP contribution is -2.42. The van der Waals surface area contributed by atoms with Crippen LogP contribution < -0.4 is 5.32 Å². The summed E-state index contributed by atoms with van der Waals surface area (Å²) < 4.78 is 34.2. The first-order valence-corrected chi connectivity index (χ1v) is 8.22. The summed E-state index contributed by atoms with van der Waals surface area (Å²) in [4.78, 5) is 4.08. The fourth-order valence-corrected chi connectivity index (χ4v) is 3.41. The van der Waals surface area contributed by atoms with E-state index in [1.165, 1.54) is 10.7 Å². The maximum Gasteiger partial charge on any atom is 0.241 e. The monoisotopic (exact) mass is 349 g/mol. The Morgan fingerprint density at radius 3 is 2.92 bits per heavy atom. The van der Waals surface area contributed by atoms with Crippen LogP contribution >= 0.6 is 0 Å². The Balaban J connectivity index is 1.71. The number of nitrogens with one attached hydrogen (secondary N) is 1. The predicted octanol–water partition coefficient (Wildman–Crippen LogP) is 1.52. The SMILES string of the molecule is N#Cc1c(F)c2cnc(N[C@@H]3CCOC[C@H]3O)nn2c1[C@H]1C[C@H](F)C1. The van der Waals surface area contributed by atoms with Gasteiger partial charge in [-0.05, 0) is 19.3 Å². The molecule has 2 atom stereocenters. The summed E-state index contributed by atoms with van der Waals surface area (Å²) in [5.74, 6) is -0.703. The Kier molecular flexibility index (Phi) is 4.01. The molecule has 0 aromatic carbocycles. The van der Waals surface area contributed by atoms with Crippen LogP contribution in [-0.4, -0.2) is 51.2 Å². The van der Waals surface area contributed by atoms with Gasteiger partial charge in [0.1, 0.15) is 23.3 Å². The third kappa shape index (κ3) is 2.71. The van der Waals surface area contributed by atoms with Gasteiger partial charge in [0.05, 0.1) is 30.6 Å². The van der Waals surface area contributed by atoms with Crippen LogP contribution in [0.25, 0.3) is 5.52 Å². The molecule has 1 saturated heterocycles. The number of aliphatic hydroxyl groups excluding tert-OH is 1. The second-order valence-electron chi connectivity index (χ2n) is 6.51. The Bertz CT molecular complexity index is 843. The van der Waals surface area contributed by atoms with E-state index in [2.05, 4.69) is 15.4 Å². The molecule has 2 aromatic rings. The van der Waals surface area contributed by atoms with Crippen molar-refractivity contribution in [3.05, 3.63) is 23.3 Å². The molecule has 0 spiro atoms. The van der Waals surface area contributed by atoms with Crippen LogP contribution in [0.2, 0.25) is 0 Å². The van der Waals surface area contributed by atoms with Crippen LogP contribution in [0, 0.1) is 17.1 Å². The van der Waals surface area contributed by atoms with Gasteiger partial charge in [-0.15, -0.1) is 5.10 Å². The smallest absolute Gasteiger partial charge is 0.241 e. The van der Waals surface area contributed by atoms with Crippen LogP contribution in [-0.2, 0) is 4.74 Å². The van der Waals surface area contributed by atoms with Crippen molar-refractivity contribution in [1.29, 1.82) is 5.26 Å². The molecule has 0 bridgehead atoms. The number of rotatable bonds is 3. The van der Waals surface area contributed by atoms with Gasteiger partial charge in [-0.25, -0.2) is 18.3 Å². The van der Waals surface area contributed by atoms with Crippen molar-refractivity contribution >= 4 is 11.5 Å². The zero-order valence-corrected chi connectivity index (χ0v) is 13.3. The van der Waals surface area contributed by atoms with Crippen molar-refractivity contribution in [1.82, 2.24) is 14.6 Å². The maximum atomic E-state index is 14.5. The Morgan fingerprint density at radius 2 is 2.24 bits per heavy atom. The first kappa shape index (κ1) is 16.2. The number of nitriles is 1. The second kappa shape index (κ2) is 6.20. The van der Waals surface area contributed by atoms with E-state index >= 15 is 0 Å². The highest BCUT2D eigenvalue weighted by molar-refractivity contribution is 5.59. The fourth-order valence-electron chi connectivity index (χ4n) is 3.41. The summed E-state index contributed by atoms with van der Waals surface area (Å²) in [6, 6.07) is 1.59. The van der Waals surface area contributed by atoms with Crippen LogP contribution in [0.5, 0.6) is 0 Å². The van der Waals surface area contributed by atoms with Gasteiger partial charge in [0.25, 0.3) is 0 Å². The third-order valence-corrected chi connectivity index (χ3v) is 4.88. The van der Waals surface area contributed by atoms with E-state index < -0.39 is 18.1 Å². The fraction of sp³-hybridized carbons (Fsp3) is 0.562. The quantitative estimate of drug-likeness (QED) is 0.872. The molecule has 1 saturated carbocycles. The van der Waals surface area contributed by atoms with Crippen molar-refractivity contribution in [3.8, 4) is 6.07 Å². The highest BCUT2D eigenvalue weighted by Crippen LogP contribution is 2.41. The number of nitrogens with zero attached hydrogens (tertiary/aromatic N) is 4. The van der Waals surface area contributed by atoms with Crippen LogP contribution in [0.15, 0.2) is 6.20 Å². The lowest BCUT2D eigenvalue weighted by Gasteiger charge is -2.30. The number of fused-ring (bicyclic) bond motifs is 1. The minimum Gasteiger partial charge on any atom is -0.389 e. The Labute approximate surface area is 142 Å². The van der Waals surface area contributed by atoms with Gasteiger partial charge in [-0.1, -0.05) is 0 Å². The molecular formula is C16H17F2N5O2. The average molecular weight is 349 g/mol. The molecule has 0 amide bonds. The topological polar surface area (TPSA) is 95.5 Å². The van der Waals surface area contributed by atoms with Gasteiger partial charge in [-0.2, -0.15) is 5.26 Å². The summed E-state index contributed by atoms with van der Waals surface area (Å²) in [6.07, 6.45) is 0.777. The van der Waals surface area contributed by atoms with Crippen molar-refractivity contribution in [2.24, 2.45) is 0 Å². The van der Waals surface area contributed by atoms with E-state index in [4.69, 9.17) is 4.74 Å². The van der Waals surface area contributed by atoms with E-state index in [0.29, 0.717) is 18.7 Å². The largest absolute Gasteiger partial charge is 0.389 e. The molecule has 2 aliphatic rings. The van der Waals surface area contributed by atoms with E-state index in [1.54, 1.807) is 0 Å². The van der Waals surface area contributed by atoms with E-state index in [-0.39, 0.29) is 48.4 Å². The van der Waals surface area contributed by atoms with Crippen molar-refractivity contribution < 1.29 is 18.6 Å². The van der Waals surface area contributed by atoms with Gasteiger partial charge in [0.15, 0.2) is 5.82 Å². The molecule has 3 heterocycles. The number of hydrogen-bond donors (Lipinski definition) is 2. The molecule has 9 heteroatoms. The molecule has 0 unspecified atom stereocenters. The minimum atomic E-state index is -0.929. The Morgan fingerprint density at radius 1 is 1.44 bits per heavy atom. The first-order valence-electron chi connectivity index (χ1n) is 8.22. The summed E-state index contributed by atoms with van der Waals surface area (Å²) in [7, 11) is 0. The highest BCUT2D eigenvalue weighted by atomic mass is 19.1. The lowest BCUT2D eigenvalue weighted by atomic mass is 9.80. The zero-order chi connectivity index (χ0) is 17.6. The van der Waals surface area contributed by atoms with Crippen molar-refractivity contribution in [2.75, 3.05) is 18.5 Å². The van der Waals surface area contributed by atoms with Crippen LogP contribution in [0.1, 0.15) is 36.4 Å². The lowest BCUT2D eigenvalue weighted by molar-refractivity contribution is -0.0136. The number of aromatic nitrogens is 3. The number of ether oxygens (including phenoxy) is 1. The summed E-state index contributed by atoms with van der Waals surface area (Å²) in [5.41, 5.74) is 0.378. The first-order chi connectivity index (χ1) is 12.1. The third-order valence-electron chi connectivity index (χ3n) is 4.88. The van der Waals surface area contributed by atoms with Crippen LogP contribution in [0.4, 0.5) is 14.7 Å². The molecule has 4 rings (SSSR count). The summed E-state index contributed by atoms with van der Waals surface area (Å²) in [5, 5.41) is 26.6. The van der Waals surface area contributed by atoms with Crippen LogP contribution in [0.3, 0.4) is 0 Å². The molecule has 0 radical (unpaired) electrons. The normalized spacial score (nSPS) is 29.2. The predicted molar refractivity (Wildman–Crippen MR) is 83.4 cm³/mol. The molecule has 25 heavy (non-hydrogen) atoms. The molecular weight excluding hydrogens is 332 g/mol. The van der Waals surface area contributed by atoms with Crippen molar-refractivity contribution in [2.45, 2.75) is 43.5 Å². The number of halogens is 2. The van der Waals surface area contributed by atoms with E-state index in [1.807, 2.05) is 6.07 Å². The summed E-state index contributed by atoms with van der Waals surface area (Å²) >= 11 is 0. The van der Waals surface area contributed by atoms with E-state index in [9.17, 15) is 19.1 Å². The molecule has 7 nitrogen and oxygen atoms in total. The van der Waals surface area contributed by atoms with Gasteiger partial charge in [0, 0.05) is 12.5 Å². The summed E-state index contributed by atoms with van der Waals surface area (Å²) in [6.45, 7) is 0.737. The molecule has 2 aromatic heterocycles. The number of anilines is 1. The zero-order valence-electron chi connectivity index (χ0n) is 13.3. The Hall–Kier alpha value is -2.31. The van der Waals surface area contributed by atoms with Crippen molar-refractivity contribution in [3.63, 3.8) is 0 Å². The number of aliphatic hydroxyl groups is 1. The molecule has 1 aliphatic carbocycles. The standard InChI is InChI=1S/C16H17F2N5O2/c17-9-3-8(4-9)15-10(5-19)14(18)12-6-20-16(22-23(12)15)21-11-1-2-25-7-13(11)24/h6,8-9,11,13,24H,1-4,7H2,(H,21,22)/t8-,9-,11-,13-/m1/s1. The van der Waals surface area contributed by atoms with Gasteiger partial charge in [0.2, 0.25) is 5.95 Å². The van der Waals surface area contributed by atoms with Gasteiger partial charge in [-0.3, -0.25) is 0 Å². The van der Waals surface area contributed by atoms with Gasteiger partial charge < -0.3 is 15.2 Å². The van der Waals surface area contributed by atoms with E-state index in [0.717, 1.165) is 0 Å². The van der Waals surface area contributed by atoms with Gasteiger partial charge >= 0.3 is 0 Å². The minimum absolute atomic E-state index is 0.0898.